The van der Waals surface area contributed by atoms with E-state index in [-0.39, 0.29) is 17.9 Å². The fourth-order valence-corrected chi connectivity index (χ4v) is 3.16. The third-order valence-corrected chi connectivity index (χ3v) is 4.48. The zero-order valence-electron chi connectivity index (χ0n) is 15.7. The van der Waals surface area contributed by atoms with Gasteiger partial charge < -0.3 is 10.3 Å². The summed E-state index contributed by atoms with van der Waals surface area (Å²) in [6, 6.07) is 3.26. The van der Waals surface area contributed by atoms with E-state index in [1.54, 1.807) is 0 Å². The van der Waals surface area contributed by atoms with E-state index in [0.717, 1.165) is 12.1 Å². The minimum absolute atomic E-state index is 0.0371. The van der Waals surface area contributed by atoms with Gasteiger partial charge in [0, 0.05) is 12.1 Å². The first-order valence-electron chi connectivity index (χ1n) is 8.75. The number of hydrogen-bond acceptors (Lipinski definition) is 6. The molecule has 2 N–H and O–H groups in total. The molecule has 0 saturated heterocycles. The number of halogens is 3. The molecule has 3 rings (SSSR count). The Morgan fingerprint density at radius 1 is 1.25 bits per heavy atom. The topological polar surface area (TPSA) is 95.7 Å². The van der Waals surface area contributed by atoms with Crippen molar-refractivity contribution in [1.29, 1.82) is 0 Å². The molecule has 0 aliphatic heterocycles. The summed E-state index contributed by atoms with van der Waals surface area (Å²) in [5, 5.41) is 7.92. The van der Waals surface area contributed by atoms with Crippen LogP contribution >= 0.6 is 0 Å². The predicted octanol–water partition coefficient (Wildman–Crippen LogP) is 3.60. The molecule has 2 aromatic heterocycles. The first-order chi connectivity index (χ1) is 13.1. The van der Waals surface area contributed by atoms with Crippen molar-refractivity contribution in [3.05, 3.63) is 42.3 Å². The zero-order valence-corrected chi connectivity index (χ0v) is 15.7. The third-order valence-electron chi connectivity index (χ3n) is 4.48. The van der Waals surface area contributed by atoms with Crippen LogP contribution in [-0.2, 0) is 11.6 Å². The lowest BCUT2D eigenvalue weighted by Gasteiger charge is -2.25. The standard InChI is InChI=1S/C18H21F3N6O/c1-11(2)7-17(3,8-22)16-25-15(26-28-16)13-6-12(18(19,20)21)4-5-14(13)27-10-23-9-24-27/h4-6,9-11H,7-8,22H2,1-3H3. The lowest BCUT2D eigenvalue weighted by atomic mass is 9.82. The Balaban J connectivity index is 2.11. The van der Waals surface area contributed by atoms with Crippen LogP contribution in [0.15, 0.2) is 35.4 Å². The summed E-state index contributed by atoms with van der Waals surface area (Å²) in [4.78, 5) is 8.23. The molecule has 0 spiro atoms. The molecule has 0 aliphatic rings. The molecule has 0 bridgehead atoms. The zero-order chi connectivity index (χ0) is 20.5. The molecule has 150 valence electrons. The van der Waals surface area contributed by atoms with E-state index in [1.165, 1.54) is 23.4 Å². The highest BCUT2D eigenvalue weighted by Gasteiger charge is 2.34. The maximum Gasteiger partial charge on any atom is 0.416 e. The van der Waals surface area contributed by atoms with E-state index in [9.17, 15) is 13.2 Å². The average molecular weight is 394 g/mol. The van der Waals surface area contributed by atoms with Crippen molar-refractivity contribution in [2.75, 3.05) is 6.54 Å². The van der Waals surface area contributed by atoms with E-state index in [4.69, 9.17) is 10.3 Å². The van der Waals surface area contributed by atoms with Crippen LogP contribution < -0.4 is 5.73 Å². The number of aromatic nitrogens is 5. The molecule has 10 heteroatoms. The van der Waals surface area contributed by atoms with Gasteiger partial charge in [0.05, 0.1) is 16.7 Å². The van der Waals surface area contributed by atoms with E-state index in [1.807, 2.05) is 20.8 Å². The number of rotatable bonds is 6. The minimum Gasteiger partial charge on any atom is -0.338 e. The van der Waals surface area contributed by atoms with Crippen LogP contribution in [0.2, 0.25) is 0 Å². The van der Waals surface area contributed by atoms with Gasteiger partial charge >= 0.3 is 6.18 Å². The van der Waals surface area contributed by atoms with Gasteiger partial charge in [-0.1, -0.05) is 19.0 Å². The average Bonchev–Trinajstić information content (AvgIpc) is 3.32. The van der Waals surface area contributed by atoms with Gasteiger partial charge in [-0.3, -0.25) is 0 Å². The van der Waals surface area contributed by atoms with Gasteiger partial charge in [0.25, 0.3) is 0 Å². The molecule has 1 atom stereocenters. The van der Waals surface area contributed by atoms with Crippen LogP contribution in [0.1, 0.15) is 38.6 Å². The van der Waals surface area contributed by atoms with Crippen LogP contribution in [-0.4, -0.2) is 31.4 Å². The van der Waals surface area contributed by atoms with Crippen molar-refractivity contribution in [3.63, 3.8) is 0 Å². The van der Waals surface area contributed by atoms with Gasteiger partial charge in [-0.2, -0.15) is 23.3 Å². The van der Waals surface area contributed by atoms with E-state index in [2.05, 4.69) is 20.2 Å². The van der Waals surface area contributed by atoms with E-state index < -0.39 is 17.2 Å². The van der Waals surface area contributed by atoms with Gasteiger partial charge in [0.15, 0.2) is 0 Å². The van der Waals surface area contributed by atoms with Crippen molar-refractivity contribution in [2.24, 2.45) is 11.7 Å². The van der Waals surface area contributed by atoms with Gasteiger partial charge in [0.1, 0.15) is 12.7 Å². The van der Waals surface area contributed by atoms with Crippen molar-refractivity contribution >= 4 is 0 Å². The van der Waals surface area contributed by atoms with Crippen molar-refractivity contribution in [3.8, 4) is 17.1 Å². The van der Waals surface area contributed by atoms with Crippen LogP contribution in [0, 0.1) is 5.92 Å². The van der Waals surface area contributed by atoms with Crippen molar-refractivity contribution in [2.45, 2.75) is 38.8 Å². The predicted molar refractivity (Wildman–Crippen MR) is 95.5 cm³/mol. The van der Waals surface area contributed by atoms with E-state index in [0.29, 0.717) is 23.9 Å². The maximum absolute atomic E-state index is 13.2. The lowest BCUT2D eigenvalue weighted by molar-refractivity contribution is -0.137. The highest BCUT2D eigenvalue weighted by molar-refractivity contribution is 5.68. The smallest absolute Gasteiger partial charge is 0.338 e. The first-order valence-corrected chi connectivity index (χ1v) is 8.75. The van der Waals surface area contributed by atoms with Crippen LogP contribution in [0.3, 0.4) is 0 Å². The van der Waals surface area contributed by atoms with Crippen LogP contribution in [0.25, 0.3) is 17.1 Å². The normalized spacial score (nSPS) is 14.4. The molecule has 0 amide bonds. The number of nitrogens with two attached hydrogens (primary N) is 1. The molecule has 0 aliphatic carbocycles. The molecular formula is C18H21F3N6O. The Morgan fingerprint density at radius 3 is 2.57 bits per heavy atom. The summed E-state index contributed by atoms with van der Waals surface area (Å²) in [6.07, 6.45) is -1.14. The fraction of sp³-hybridized carbons (Fsp3) is 0.444. The second kappa shape index (κ2) is 7.34. The maximum atomic E-state index is 13.2. The minimum atomic E-state index is -4.51. The molecule has 0 fully saturated rings. The van der Waals surface area contributed by atoms with Gasteiger partial charge in [0.2, 0.25) is 11.7 Å². The summed E-state index contributed by atoms with van der Waals surface area (Å²) >= 11 is 0. The SMILES string of the molecule is CC(C)CC(C)(CN)c1nc(-c2cc(C(F)(F)F)ccc2-n2cncn2)no1. The summed E-state index contributed by atoms with van der Waals surface area (Å²) in [7, 11) is 0. The molecular weight excluding hydrogens is 373 g/mol. The quantitative estimate of drug-likeness (QED) is 0.686. The first kappa shape index (κ1) is 20.0. The molecule has 3 aromatic rings. The van der Waals surface area contributed by atoms with Gasteiger partial charge in [-0.05, 0) is 37.5 Å². The Hall–Kier alpha value is -2.75. The molecule has 7 nitrogen and oxygen atoms in total. The van der Waals surface area contributed by atoms with Gasteiger partial charge in [-0.15, -0.1) is 0 Å². The van der Waals surface area contributed by atoms with Crippen LogP contribution in [0.4, 0.5) is 13.2 Å². The number of alkyl halides is 3. The van der Waals surface area contributed by atoms with Crippen molar-refractivity contribution < 1.29 is 17.7 Å². The lowest BCUT2D eigenvalue weighted by Crippen LogP contribution is -2.33. The fourth-order valence-electron chi connectivity index (χ4n) is 3.16. The molecule has 28 heavy (non-hydrogen) atoms. The highest BCUT2D eigenvalue weighted by Crippen LogP contribution is 2.36. The highest BCUT2D eigenvalue weighted by atomic mass is 19.4. The van der Waals surface area contributed by atoms with E-state index >= 15 is 0 Å². The Kier molecular flexibility index (Phi) is 5.24. The van der Waals surface area contributed by atoms with Crippen molar-refractivity contribution in [1.82, 2.24) is 24.9 Å². The second-order valence-corrected chi connectivity index (χ2v) is 7.36. The van der Waals surface area contributed by atoms with Crippen LogP contribution in [0.5, 0.6) is 0 Å². The molecule has 1 unspecified atom stereocenters. The second-order valence-electron chi connectivity index (χ2n) is 7.36. The molecule has 0 saturated carbocycles. The molecule has 2 heterocycles. The Morgan fingerprint density at radius 2 is 2.00 bits per heavy atom. The largest absolute Gasteiger partial charge is 0.416 e. The van der Waals surface area contributed by atoms with Gasteiger partial charge in [-0.25, -0.2) is 9.67 Å². The Bertz CT molecular complexity index is 935. The summed E-state index contributed by atoms with van der Waals surface area (Å²) in [6.45, 7) is 6.25. The monoisotopic (exact) mass is 394 g/mol. The number of hydrogen-bond donors (Lipinski definition) is 1. The number of nitrogens with zero attached hydrogens (tertiary/aromatic N) is 5. The summed E-state index contributed by atoms with van der Waals surface area (Å²) in [5.41, 5.74) is 5.03. The molecule has 1 aromatic carbocycles. The third kappa shape index (κ3) is 3.91. The Labute approximate surface area is 159 Å². The molecule has 0 radical (unpaired) electrons. The summed E-state index contributed by atoms with van der Waals surface area (Å²) in [5.74, 6) is 0.652. The summed E-state index contributed by atoms with van der Waals surface area (Å²) < 4.78 is 46.5. The number of benzene rings is 1.